The number of ether oxygens (including phenoxy) is 1. The lowest BCUT2D eigenvalue weighted by Gasteiger charge is -2.09. The highest BCUT2D eigenvalue weighted by atomic mass is 16.5. The molecule has 0 aliphatic carbocycles. The van der Waals surface area contributed by atoms with Gasteiger partial charge in [-0.05, 0) is 24.3 Å². The first kappa shape index (κ1) is 16.3. The molecule has 0 bridgehead atoms. The summed E-state index contributed by atoms with van der Waals surface area (Å²) >= 11 is 0. The number of nitrogens with one attached hydrogen (secondary N) is 1. The second kappa shape index (κ2) is 7.32. The van der Waals surface area contributed by atoms with Gasteiger partial charge in [0.05, 0.1) is 23.5 Å². The van der Waals surface area contributed by atoms with E-state index in [0.717, 1.165) is 5.56 Å². The van der Waals surface area contributed by atoms with Crippen molar-refractivity contribution in [1.82, 2.24) is 9.78 Å². The van der Waals surface area contributed by atoms with Gasteiger partial charge in [-0.15, -0.1) is 0 Å². The Morgan fingerprint density at radius 1 is 1.28 bits per heavy atom. The minimum absolute atomic E-state index is 0.240. The van der Waals surface area contributed by atoms with Crippen LogP contribution in [0.15, 0.2) is 60.9 Å². The van der Waals surface area contributed by atoms with Crippen LogP contribution >= 0.6 is 0 Å². The molecule has 124 valence electrons. The van der Waals surface area contributed by atoms with E-state index in [0.29, 0.717) is 22.6 Å². The van der Waals surface area contributed by atoms with Crippen molar-refractivity contribution >= 4 is 11.6 Å². The molecule has 0 fully saturated rings. The summed E-state index contributed by atoms with van der Waals surface area (Å²) in [4.78, 5) is 12.3. The standard InChI is InChI=1S/C19H16N4O2/c1-23-12-17(11-21-23)22-19(24)14-7-4-8-18(9-14)25-13-16-6-3-2-5-15(16)10-20/h2-9,11-12H,13H2,1H3,(H,22,24). The van der Waals surface area contributed by atoms with Crippen molar-refractivity contribution < 1.29 is 9.53 Å². The van der Waals surface area contributed by atoms with Crippen molar-refractivity contribution in [2.75, 3.05) is 5.32 Å². The molecule has 0 radical (unpaired) electrons. The molecule has 0 saturated carbocycles. The van der Waals surface area contributed by atoms with Gasteiger partial charge in [0.15, 0.2) is 0 Å². The number of amides is 1. The van der Waals surface area contributed by atoms with Gasteiger partial charge in [0.2, 0.25) is 0 Å². The number of hydrogen-bond donors (Lipinski definition) is 1. The van der Waals surface area contributed by atoms with E-state index in [1.165, 1.54) is 0 Å². The van der Waals surface area contributed by atoms with Gasteiger partial charge in [-0.2, -0.15) is 10.4 Å². The van der Waals surface area contributed by atoms with E-state index in [2.05, 4.69) is 16.5 Å². The van der Waals surface area contributed by atoms with Crippen LogP contribution in [0.5, 0.6) is 5.75 Å². The number of anilines is 1. The third-order valence-corrected chi connectivity index (χ3v) is 3.59. The Balaban J connectivity index is 1.69. The molecule has 0 saturated heterocycles. The van der Waals surface area contributed by atoms with E-state index in [1.54, 1.807) is 54.5 Å². The van der Waals surface area contributed by atoms with Crippen molar-refractivity contribution in [2.45, 2.75) is 6.61 Å². The summed E-state index contributed by atoms with van der Waals surface area (Å²) in [5, 5.41) is 15.9. The Kier molecular flexibility index (Phi) is 4.77. The smallest absolute Gasteiger partial charge is 0.255 e. The maximum Gasteiger partial charge on any atom is 0.255 e. The fourth-order valence-electron chi connectivity index (χ4n) is 2.33. The van der Waals surface area contributed by atoms with E-state index in [1.807, 2.05) is 18.2 Å². The number of carbonyl (C=O) groups excluding carboxylic acids is 1. The van der Waals surface area contributed by atoms with Crippen molar-refractivity contribution in [2.24, 2.45) is 7.05 Å². The van der Waals surface area contributed by atoms with Crippen LogP contribution in [-0.2, 0) is 13.7 Å². The number of hydrogen-bond acceptors (Lipinski definition) is 4. The topological polar surface area (TPSA) is 79.9 Å². The normalized spacial score (nSPS) is 10.1. The number of nitriles is 1. The summed E-state index contributed by atoms with van der Waals surface area (Å²) < 4.78 is 7.35. The first-order chi connectivity index (χ1) is 12.2. The molecule has 1 aromatic heterocycles. The van der Waals surface area contributed by atoms with E-state index in [4.69, 9.17) is 10.00 Å². The van der Waals surface area contributed by atoms with Gasteiger partial charge in [0.1, 0.15) is 12.4 Å². The zero-order valence-electron chi connectivity index (χ0n) is 13.6. The third-order valence-electron chi connectivity index (χ3n) is 3.59. The van der Waals surface area contributed by atoms with Gasteiger partial charge in [-0.1, -0.05) is 24.3 Å². The molecule has 0 aliphatic heterocycles. The molecule has 6 nitrogen and oxygen atoms in total. The van der Waals surface area contributed by atoms with E-state index in [9.17, 15) is 4.79 Å². The number of nitrogens with zero attached hydrogens (tertiary/aromatic N) is 3. The van der Waals surface area contributed by atoms with Crippen LogP contribution in [0.2, 0.25) is 0 Å². The average Bonchev–Trinajstić information content (AvgIpc) is 3.05. The predicted octanol–water partition coefficient (Wildman–Crippen LogP) is 3.12. The molecule has 1 amide bonds. The second-order valence-corrected chi connectivity index (χ2v) is 5.44. The van der Waals surface area contributed by atoms with Crippen LogP contribution in [0.4, 0.5) is 5.69 Å². The van der Waals surface area contributed by atoms with Crippen LogP contribution in [0.1, 0.15) is 21.5 Å². The van der Waals surface area contributed by atoms with Crippen LogP contribution < -0.4 is 10.1 Å². The largest absolute Gasteiger partial charge is 0.489 e. The fraction of sp³-hybridized carbons (Fsp3) is 0.105. The average molecular weight is 332 g/mol. The molecule has 0 atom stereocenters. The number of aryl methyl sites for hydroxylation is 1. The quantitative estimate of drug-likeness (QED) is 0.778. The van der Waals surface area contributed by atoms with Crippen LogP contribution in [0.3, 0.4) is 0 Å². The first-order valence-electron chi connectivity index (χ1n) is 7.66. The zero-order chi connectivity index (χ0) is 17.6. The highest BCUT2D eigenvalue weighted by Crippen LogP contribution is 2.18. The monoisotopic (exact) mass is 332 g/mol. The maximum atomic E-state index is 12.3. The molecule has 0 unspecified atom stereocenters. The highest BCUT2D eigenvalue weighted by molar-refractivity contribution is 6.04. The molecule has 25 heavy (non-hydrogen) atoms. The predicted molar refractivity (Wildman–Crippen MR) is 93.1 cm³/mol. The third kappa shape index (κ3) is 4.03. The summed E-state index contributed by atoms with van der Waals surface area (Å²) in [5.74, 6) is 0.322. The number of carbonyl (C=O) groups is 1. The zero-order valence-corrected chi connectivity index (χ0v) is 13.6. The molecule has 0 spiro atoms. The molecule has 1 N–H and O–H groups in total. The lowest BCUT2D eigenvalue weighted by atomic mass is 10.1. The van der Waals surface area contributed by atoms with E-state index >= 15 is 0 Å². The first-order valence-corrected chi connectivity index (χ1v) is 7.66. The molecule has 0 aliphatic rings. The van der Waals surface area contributed by atoms with Crippen molar-refractivity contribution in [3.8, 4) is 11.8 Å². The summed E-state index contributed by atoms with van der Waals surface area (Å²) in [6, 6.07) is 16.3. The van der Waals surface area contributed by atoms with Gasteiger partial charge in [-0.3, -0.25) is 9.48 Å². The summed E-state index contributed by atoms with van der Waals surface area (Å²) in [5.41, 5.74) is 2.49. The van der Waals surface area contributed by atoms with Gasteiger partial charge in [0.25, 0.3) is 5.91 Å². The Bertz CT molecular complexity index is 940. The number of benzene rings is 2. The van der Waals surface area contributed by atoms with Crippen molar-refractivity contribution in [3.63, 3.8) is 0 Å². The van der Waals surface area contributed by atoms with Gasteiger partial charge in [0, 0.05) is 24.4 Å². The summed E-state index contributed by atoms with van der Waals surface area (Å²) in [6.45, 7) is 0.261. The van der Waals surface area contributed by atoms with Gasteiger partial charge < -0.3 is 10.1 Å². The maximum absolute atomic E-state index is 12.3. The fourth-order valence-corrected chi connectivity index (χ4v) is 2.33. The molecule has 2 aromatic carbocycles. The lowest BCUT2D eigenvalue weighted by Crippen LogP contribution is -2.11. The van der Waals surface area contributed by atoms with Crippen molar-refractivity contribution in [3.05, 3.63) is 77.6 Å². The summed E-state index contributed by atoms with van der Waals surface area (Å²) in [7, 11) is 1.78. The van der Waals surface area contributed by atoms with Crippen LogP contribution in [0.25, 0.3) is 0 Å². The Labute approximate surface area is 145 Å². The molecule has 3 aromatic rings. The lowest BCUT2D eigenvalue weighted by molar-refractivity contribution is 0.102. The van der Waals surface area contributed by atoms with E-state index in [-0.39, 0.29) is 12.5 Å². The Morgan fingerprint density at radius 2 is 2.12 bits per heavy atom. The van der Waals surface area contributed by atoms with Crippen LogP contribution in [0, 0.1) is 11.3 Å². The minimum atomic E-state index is -0.240. The SMILES string of the molecule is Cn1cc(NC(=O)c2cccc(OCc3ccccc3C#N)c2)cn1. The minimum Gasteiger partial charge on any atom is -0.489 e. The number of rotatable bonds is 5. The van der Waals surface area contributed by atoms with Gasteiger partial charge >= 0.3 is 0 Å². The molecular formula is C19H16N4O2. The summed E-state index contributed by atoms with van der Waals surface area (Å²) in [6.07, 6.45) is 3.30. The molecule has 3 rings (SSSR count). The van der Waals surface area contributed by atoms with E-state index < -0.39 is 0 Å². The van der Waals surface area contributed by atoms with Crippen molar-refractivity contribution in [1.29, 1.82) is 5.26 Å². The molecule has 1 heterocycles. The molecule has 6 heteroatoms. The van der Waals surface area contributed by atoms with Gasteiger partial charge in [-0.25, -0.2) is 0 Å². The second-order valence-electron chi connectivity index (χ2n) is 5.44. The molecular weight excluding hydrogens is 316 g/mol. The Morgan fingerprint density at radius 3 is 2.88 bits per heavy atom. The Hall–Kier alpha value is -3.59. The van der Waals surface area contributed by atoms with Crippen LogP contribution in [-0.4, -0.2) is 15.7 Å². The number of aromatic nitrogens is 2. The highest BCUT2D eigenvalue weighted by Gasteiger charge is 2.09.